The van der Waals surface area contributed by atoms with Gasteiger partial charge in [-0.25, -0.2) is 8.42 Å². The molecule has 0 aliphatic rings. The summed E-state index contributed by atoms with van der Waals surface area (Å²) in [5.41, 5.74) is 2.56. The van der Waals surface area contributed by atoms with Crippen LogP contribution in [0.4, 0.5) is 0 Å². The van der Waals surface area contributed by atoms with Crippen LogP contribution >= 0.6 is 11.6 Å². The van der Waals surface area contributed by atoms with Crippen LogP contribution in [0.25, 0.3) is 0 Å². The van der Waals surface area contributed by atoms with Crippen LogP contribution in [0, 0.1) is 13.8 Å². The summed E-state index contributed by atoms with van der Waals surface area (Å²) in [5, 5.41) is 0. The molecule has 0 bridgehead atoms. The molecule has 0 atom stereocenters. The van der Waals surface area contributed by atoms with Gasteiger partial charge in [-0.3, -0.25) is 0 Å². The summed E-state index contributed by atoms with van der Waals surface area (Å²) in [6.45, 7) is 4.88. The maximum absolute atomic E-state index is 12.7. The molecule has 1 aromatic rings. The maximum atomic E-state index is 12.7. The SMILES string of the molecule is Cc1cc(CCl)cc(S(=O)(=O)N(C)CCN(C)C)c1C. The fourth-order valence-corrected chi connectivity index (χ4v) is 3.53. The molecule has 0 heterocycles. The van der Waals surface area contributed by atoms with Gasteiger partial charge in [-0.05, 0) is 50.7 Å². The summed E-state index contributed by atoms with van der Waals surface area (Å²) in [6.07, 6.45) is 0. The van der Waals surface area contributed by atoms with E-state index in [1.54, 1.807) is 13.1 Å². The third-order valence-electron chi connectivity index (χ3n) is 3.38. The van der Waals surface area contributed by atoms with E-state index in [0.29, 0.717) is 23.9 Å². The van der Waals surface area contributed by atoms with Gasteiger partial charge in [0.1, 0.15) is 0 Å². The molecule has 0 N–H and O–H groups in total. The minimum atomic E-state index is -3.47. The lowest BCUT2D eigenvalue weighted by Gasteiger charge is -2.21. The van der Waals surface area contributed by atoms with Crippen LogP contribution in [0.15, 0.2) is 17.0 Å². The number of halogens is 1. The Balaban J connectivity index is 3.18. The van der Waals surface area contributed by atoms with Crippen molar-refractivity contribution in [3.8, 4) is 0 Å². The first-order valence-electron chi connectivity index (χ1n) is 6.47. The smallest absolute Gasteiger partial charge is 0.243 e. The van der Waals surface area contributed by atoms with Gasteiger partial charge >= 0.3 is 0 Å². The van der Waals surface area contributed by atoms with Crippen LogP contribution in [-0.2, 0) is 15.9 Å². The van der Waals surface area contributed by atoms with E-state index < -0.39 is 10.0 Å². The summed E-state index contributed by atoms with van der Waals surface area (Å²) in [4.78, 5) is 2.31. The van der Waals surface area contributed by atoms with E-state index in [-0.39, 0.29) is 0 Å². The van der Waals surface area contributed by atoms with Gasteiger partial charge in [0.15, 0.2) is 0 Å². The Morgan fingerprint density at radius 1 is 1.10 bits per heavy atom. The van der Waals surface area contributed by atoms with Crippen LogP contribution in [-0.4, -0.2) is 51.9 Å². The number of likely N-dealkylation sites (N-methyl/N-ethyl adjacent to an activating group) is 2. The largest absolute Gasteiger partial charge is 0.308 e. The lowest BCUT2D eigenvalue weighted by atomic mass is 10.1. The van der Waals surface area contributed by atoms with Crippen molar-refractivity contribution in [3.05, 3.63) is 28.8 Å². The molecular formula is C14H23ClN2O2S. The highest BCUT2D eigenvalue weighted by Crippen LogP contribution is 2.24. The molecular weight excluding hydrogens is 296 g/mol. The average Bonchev–Trinajstić information content (AvgIpc) is 2.38. The first-order valence-corrected chi connectivity index (χ1v) is 8.44. The zero-order valence-corrected chi connectivity index (χ0v) is 14.3. The highest BCUT2D eigenvalue weighted by molar-refractivity contribution is 7.89. The number of hydrogen-bond acceptors (Lipinski definition) is 3. The second-order valence-electron chi connectivity index (χ2n) is 5.30. The van der Waals surface area contributed by atoms with Gasteiger partial charge in [0, 0.05) is 26.0 Å². The zero-order chi connectivity index (χ0) is 15.5. The van der Waals surface area contributed by atoms with Crippen LogP contribution < -0.4 is 0 Å². The Labute approximate surface area is 127 Å². The number of aryl methyl sites for hydroxylation is 1. The minimum absolute atomic E-state index is 0.311. The topological polar surface area (TPSA) is 40.6 Å². The Bertz CT molecular complexity index is 571. The molecule has 0 saturated heterocycles. The Morgan fingerprint density at radius 2 is 1.70 bits per heavy atom. The molecule has 6 heteroatoms. The second-order valence-corrected chi connectivity index (χ2v) is 7.58. The van der Waals surface area contributed by atoms with Crippen LogP contribution in [0.3, 0.4) is 0 Å². The van der Waals surface area contributed by atoms with Crippen molar-refractivity contribution in [3.63, 3.8) is 0 Å². The quantitative estimate of drug-likeness (QED) is 0.755. The van der Waals surface area contributed by atoms with Gasteiger partial charge < -0.3 is 4.90 Å². The molecule has 0 saturated carbocycles. The highest BCUT2D eigenvalue weighted by atomic mass is 35.5. The molecule has 20 heavy (non-hydrogen) atoms. The molecule has 1 aromatic carbocycles. The summed E-state index contributed by atoms with van der Waals surface area (Å²) in [5.74, 6) is 0.311. The van der Waals surface area contributed by atoms with Crippen LogP contribution in [0.5, 0.6) is 0 Å². The predicted octanol–water partition coefficient (Wildman–Crippen LogP) is 2.22. The normalized spacial score (nSPS) is 12.4. The molecule has 0 aliphatic carbocycles. The number of hydrogen-bond donors (Lipinski definition) is 0. The molecule has 0 spiro atoms. The van der Waals surface area contributed by atoms with Gasteiger partial charge in [0.05, 0.1) is 4.90 Å². The maximum Gasteiger partial charge on any atom is 0.243 e. The van der Waals surface area contributed by atoms with Crippen molar-refractivity contribution in [2.24, 2.45) is 0 Å². The van der Waals surface area contributed by atoms with Crippen molar-refractivity contribution in [1.29, 1.82) is 0 Å². The lowest BCUT2D eigenvalue weighted by molar-refractivity contribution is 0.358. The summed E-state index contributed by atoms with van der Waals surface area (Å²) in [6, 6.07) is 3.61. The van der Waals surface area contributed by atoms with Crippen LogP contribution in [0.1, 0.15) is 16.7 Å². The third-order valence-corrected chi connectivity index (χ3v) is 5.68. The van der Waals surface area contributed by atoms with E-state index in [0.717, 1.165) is 16.7 Å². The van der Waals surface area contributed by atoms with Crippen LogP contribution in [0.2, 0.25) is 0 Å². The van der Waals surface area contributed by atoms with Gasteiger partial charge in [0.25, 0.3) is 0 Å². The first-order chi connectivity index (χ1) is 9.20. The van der Waals surface area contributed by atoms with E-state index in [1.165, 1.54) is 4.31 Å². The van der Waals surface area contributed by atoms with Crippen molar-refractivity contribution >= 4 is 21.6 Å². The van der Waals surface area contributed by atoms with E-state index in [4.69, 9.17) is 11.6 Å². The number of sulfonamides is 1. The highest BCUT2D eigenvalue weighted by Gasteiger charge is 2.23. The summed E-state index contributed by atoms with van der Waals surface area (Å²) < 4.78 is 26.7. The van der Waals surface area contributed by atoms with E-state index in [9.17, 15) is 8.42 Å². The summed E-state index contributed by atoms with van der Waals surface area (Å²) in [7, 11) is 1.98. The standard InChI is InChI=1S/C14H23ClN2O2S/c1-11-8-13(10-15)9-14(12(11)2)20(18,19)17(5)7-6-16(3)4/h8-9H,6-7,10H2,1-5H3. The predicted molar refractivity (Wildman–Crippen MR) is 83.8 cm³/mol. The molecule has 1 rings (SSSR count). The second kappa shape index (κ2) is 6.89. The molecule has 0 radical (unpaired) electrons. The van der Waals surface area contributed by atoms with Gasteiger partial charge in [-0.15, -0.1) is 11.6 Å². The van der Waals surface area contributed by atoms with Gasteiger partial charge in [-0.2, -0.15) is 4.31 Å². The molecule has 0 unspecified atom stereocenters. The lowest BCUT2D eigenvalue weighted by Crippen LogP contribution is -2.34. The third kappa shape index (κ3) is 3.95. The van der Waals surface area contributed by atoms with Gasteiger partial charge in [0.2, 0.25) is 10.0 Å². The minimum Gasteiger partial charge on any atom is -0.308 e. The van der Waals surface area contributed by atoms with E-state index in [2.05, 4.69) is 0 Å². The summed E-state index contributed by atoms with van der Waals surface area (Å²) >= 11 is 5.84. The van der Waals surface area contributed by atoms with Crippen molar-refractivity contribution < 1.29 is 8.42 Å². The number of benzene rings is 1. The van der Waals surface area contributed by atoms with Crippen molar-refractivity contribution in [2.45, 2.75) is 24.6 Å². The number of nitrogens with zero attached hydrogens (tertiary/aromatic N) is 2. The Hall–Kier alpha value is -0.620. The zero-order valence-electron chi connectivity index (χ0n) is 12.8. The Kier molecular flexibility index (Phi) is 6.01. The first kappa shape index (κ1) is 17.4. The van der Waals surface area contributed by atoms with Crippen molar-refractivity contribution in [1.82, 2.24) is 9.21 Å². The number of rotatable bonds is 6. The molecule has 114 valence electrons. The molecule has 0 amide bonds. The van der Waals surface area contributed by atoms with Gasteiger partial charge in [-0.1, -0.05) is 6.07 Å². The monoisotopic (exact) mass is 318 g/mol. The fraction of sp³-hybridized carbons (Fsp3) is 0.571. The molecule has 0 fully saturated rings. The van der Waals surface area contributed by atoms with Crippen molar-refractivity contribution in [2.75, 3.05) is 34.2 Å². The molecule has 4 nitrogen and oxygen atoms in total. The number of alkyl halides is 1. The van der Waals surface area contributed by atoms with E-state index >= 15 is 0 Å². The fourth-order valence-electron chi connectivity index (χ4n) is 1.87. The van der Waals surface area contributed by atoms with E-state index in [1.807, 2.05) is 38.9 Å². The Morgan fingerprint density at radius 3 is 2.20 bits per heavy atom. The average molecular weight is 319 g/mol. The molecule has 0 aliphatic heterocycles. The molecule has 0 aromatic heterocycles.